The summed E-state index contributed by atoms with van der Waals surface area (Å²) in [4.78, 5) is 15.7. The minimum absolute atomic E-state index is 0.0253. The zero-order valence-corrected chi connectivity index (χ0v) is 15.7. The molecule has 0 radical (unpaired) electrons. The molecule has 6 heteroatoms. The second kappa shape index (κ2) is 7.56. The van der Waals surface area contributed by atoms with Crippen LogP contribution in [0.3, 0.4) is 0 Å². The van der Waals surface area contributed by atoms with Crippen LogP contribution in [0.25, 0.3) is 11.4 Å². The summed E-state index contributed by atoms with van der Waals surface area (Å²) in [7, 11) is -1.13. The Morgan fingerprint density at radius 3 is 2.50 bits per heavy atom. The van der Waals surface area contributed by atoms with Crippen LogP contribution in [0.1, 0.15) is 23.0 Å². The highest BCUT2D eigenvalue weighted by molar-refractivity contribution is 6.76. The summed E-state index contributed by atoms with van der Waals surface area (Å²) < 4.78 is 7.61. The lowest BCUT2D eigenvalue weighted by Crippen LogP contribution is -2.22. The van der Waals surface area contributed by atoms with E-state index in [2.05, 4.69) is 30.7 Å². The number of nitrogens with zero attached hydrogens (tertiary/aromatic N) is 3. The van der Waals surface area contributed by atoms with Gasteiger partial charge in [-0.1, -0.05) is 43.9 Å². The molecule has 24 heavy (non-hydrogen) atoms. The molecular weight excluding hydrogens is 318 g/mol. The minimum atomic E-state index is -1.13. The van der Waals surface area contributed by atoms with Crippen LogP contribution < -0.4 is 0 Å². The highest BCUT2D eigenvalue weighted by Gasteiger charge is 2.14. The third kappa shape index (κ3) is 4.88. The molecule has 0 spiro atoms. The van der Waals surface area contributed by atoms with Crippen LogP contribution in [-0.4, -0.2) is 30.0 Å². The molecule has 2 aromatic rings. The Labute approximate surface area is 143 Å². The van der Waals surface area contributed by atoms with Crippen molar-refractivity contribution in [1.29, 1.82) is 5.26 Å². The van der Waals surface area contributed by atoms with E-state index in [1.807, 2.05) is 16.7 Å². The van der Waals surface area contributed by atoms with Crippen molar-refractivity contribution in [2.45, 2.75) is 39.3 Å². The SMILES string of the molecule is CC(=O)c1ccc(-c2nc(C#N)cn2COCC[Si](C)(C)C)cc1. The van der Waals surface area contributed by atoms with Gasteiger partial charge in [-0.15, -0.1) is 0 Å². The zero-order chi connectivity index (χ0) is 17.7. The Balaban J connectivity index is 2.16. The molecule has 5 nitrogen and oxygen atoms in total. The smallest absolute Gasteiger partial charge is 0.159 e. The molecule has 2 rings (SSSR count). The summed E-state index contributed by atoms with van der Waals surface area (Å²) in [6.07, 6.45) is 1.70. The number of carbonyl (C=O) groups is 1. The first kappa shape index (κ1) is 18.1. The Hall–Kier alpha value is -2.23. The fourth-order valence-corrected chi connectivity index (χ4v) is 2.95. The van der Waals surface area contributed by atoms with Crippen LogP contribution in [-0.2, 0) is 11.5 Å². The van der Waals surface area contributed by atoms with Crippen molar-refractivity contribution in [2.75, 3.05) is 6.61 Å². The number of hydrogen-bond acceptors (Lipinski definition) is 4. The van der Waals surface area contributed by atoms with E-state index in [4.69, 9.17) is 10.00 Å². The first-order valence-corrected chi connectivity index (χ1v) is 11.7. The van der Waals surface area contributed by atoms with Crippen molar-refractivity contribution < 1.29 is 9.53 Å². The van der Waals surface area contributed by atoms with Gasteiger partial charge in [0, 0.05) is 32.0 Å². The standard InChI is InChI=1S/C18H23N3O2Si/c1-14(22)15-5-7-16(8-6-15)18-20-17(11-19)12-21(18)13-23-9-10-24(2,3)4/h5-8,12H,9-10,13H2,1-4H3. The van der Waals surface area contributed by atoms with Crippen LogP contribution in [0.5, 0.6) is 0 Å². The van der Waals surface area contributed by atoms with Crippen molar-refractivity contribution >= 4 is 13.9 Å². The summed E-state index contributed by atoms with van der Waals surface area (Å²) in [5, 5.41) is 9.11. The van der Waals surface area contributed by atoms with Crippen molar-refractivity contribution in [3.05, 3.63) is 41.7 Å². The van der Waals surface area contributed by atoms with Crippen molar-refractivity contribution in [3.63, 3.8) is 0 Å². The molecule has 0 aliphatic rings. The fraction of sp³-hybridized carbons (Fsp3) is 0.389. The third-order valence-corrected chi connectivity index (χ3v) is 5.37. The van der Waals surface area contributed by atoms with E-state index in [0.29, 0.717) is 30.4 Å². The average Bonchev–Trinajstić information content (AvgIpc) is 2.94. The van der Waals surface area contributed by atoms with E-state index in [9.17, 15) is 4.79 Å². The Bertz CT molecular complexity index is 752. The maximum atomic E-state index is 11.4. The predicted octanol–water partition coefficient (Wildman–Crippen LogP) is 3.94. The summed E-state index contributed by atoms with van der Waals surface area (Å²) in [5.41, 5.74) is 1.87. The van der Waals surface area contributed by atoms with Gasteiger partial charge in [0.2, 0.25) is 0 Å². The summed E-state index contributed by atoms with van der Waals surface area (Å²) in [6, 6.07) is 10.4. The maximum absolute atomic E-state index is 11.4. The van der Waals surface area contributed by atoms with Crippen molar-refractivity contribution in [3.8, 4) is 17.5 Å². The number of Topliss-reactive ketones (excluding diaryl/α,β-unsaturated/α-hetero) is 1. The molecule has 0 unspecified atom stereocenters. The highest BCUT2D eigenvalue weighted by Crippen LogP contribution is 2.20. The summed E-state index contributed by atoms with van der Waals surface area (Å²) in [5.74, 6) is 0.701. The average molecular weight is 341 g/mol. The van der Waals surface area contributed by atoms with Crippen LogP contribution in [0.2, 0.25) is 25.7 Å². The maximum Gasteiger partial charge on any atom is 0.159 e. The second-order valence-electron chi connectivity index (χ2n) is 7.01. The minimum Gasteiger partial charge on any atom is -0.361 e. The lowest BCUT2D eigenvalue weighted by molar-refractivity contribution is 0.0882. The van der Waals surface area contributed by atoms with Crippen molar-refractivity contribution in [1.82, 2.24) is 9.55 Å². The first-order valence-electron chi connectivity index (χ1n) is 7.96. The predicted molar refractivity (Wildman–Crippen MR) is 96.5 cm³/mol. The van der Waals surface area contributed by atoms with Crippen LogP contribution in [0.15, 0.2) is 30.5 Å². The number of benzene rings is 1. The van der Waals surface area contributed by atoms with Gasteiger partial charge in [0.15, 0.2) is 11.5 Å². The molecule has 0 saturated heterocycles. The Kier molecular flexibility index (Phi) is 5.70. The number of ketones is 1. The molecule has 0 amide bonds. The molecule has 1 aromatic heterocycles. The molecule has 0 bridgehead atoms. The first-order chi connectivity index (χ1) is 11.3. The van der Waals surface area contributed by atoms with Crippen LogP contribution in [0.4, 0.5) is 0 Å². The van der Waals surface area contributed by atoms with Gasteiger partial charge in [0.25, 0.3) is 0 Å². The largest absolute Gasteiger partial charge is 0.361 e. The zero-order valence-electron chi connectivity index (χ0n) is 14.7. The number of ether oxygens (including phenoxy) is 1. The van der Waals surface area contributed by atoms with Crippen LogP contribution in [0, 0.1) is 11.3 Å². The molecule has 0 N–H and O–H groups in total. The highest BCUT2D eigenvalue weighted by atomic mass is 28.3. The third-order valence-electron chi connectivity index (χ3n) is 3.67. The van der Waals surface area contributed by atoms with Gasteiger partial charge in [0.05, 0.1) is 0 Å². The number of nitriles is 1. The lowest BCUT2D eigenvalue weighted by atomic mass is 10.1. The molecule has 126 valence electrons. The second-order valence-corrected chi connectivity index (χ2v) is 12.6. The molecule has 0 aliphatic carbocycles. The van der Waals surface area contributed by atoms with Gasteiger partial charge >= 0.3 is 0 Å². The van der Waals surface area contributed by atoms with Gasteiger partial charge in [-0.05, 0) is 13.0 Å². The van der Waals surface area contributed by atoms with E-state index in [-0.39, 0.29) is 5.78 Å². The molecule has 0 atom stereocenters. The summed E-state index contributed by atoms with van der Waals surface area (Å²) in [6.45, 7) is 9.54. The molecular formula is C18H23N3O2Si. The van der Waals surface area contributed by atoms with E-state index in [1.54, 1.807) is 18.3 Å². The van der Waals surface area contributed by atoms with E-state index < -0.39 is 8.07 Å². The van der Waals surface area contributed by atoms with Crippen LogP contribution >= 0.6 is 0 Å². The number of carbonyl (C=O) groups excluding carboxylic acids is 1. The summed E-state index contributed by atoms with van der Waals surface area (Å²) >= 11 is 0. The molecule has 1 heterocycles. The molecule has 0 saturated carbocycles. The Morgan fingerprint density at radius 2 is 1.96 bits per heavy atom. The molecule has 0 fully saturated rings. The number of aromatic nitrogens is 2. The fourth-order valence-electron chi connectivity index (χ4n) is 2.19. The van der Waals surface area contributed by atoms with E-state index >= 15 is 0 Å². The molecule has 0 aliphatic heterocycles. The monoisotopic (exact) mass is 341 g/mol. The van der Waals surface area contributed by atoms with Gasteiger partial charge in [-0.3, -0.25) is 4.79 Å². The van der Waals surface area contributed by atoms with E-state index in [1.165, 1.54) is 6.92 Å². The number of hydrogen-bond donors (Lipinski definition) is 0. The topological polar surface area (TPSA) is 67.9 Å². The van der Waals surface area contributed by atoms with Gasteiger partial charge < -0.3 is 9.30 Å². The lowest BCUT2D eigenvalue weighted by Gasteiger charge is -2.16. The quantitative estimate of drug-likeness (QED) is 0.434. The number of imidazole rings is 1. The number of rotatable bonds is 7. The van der Waals surface area contributed by atoms with Crippen molar-refractivity contribution in [2.24, 2.45) is 0 Å². The van der Waals surface area contributed by atoms with E-state index in [0.717, 1.165) is 11.6 Å². The van der Waals surface area contributed by atoms with Gasteiger partial charge in [-0.25, -0.2) is 4.98 Å². The van der Waals surface area contributed by atoms with Gasteiger partial charge in [0.1, 0.15) is 18.6 Å². The normalized spacial score (nSPS) is 11.3. The van der Waals surface area contributed by atoms with Gasteiger partial charge in [-0.2, -0.15) is 5.26 Å². The Morgan fingerprint density at radius 1 is 1.29 bits per heavy atom. The molecule has 1 aromatic carbocycles.